The molecule has 0 fully saturated rings. The molecule has 138 valence electrons. The summed E-state index contributed by atoms with van der Waals surface area (Å²) in [5.74, 6) is 0.354. The van der Waals surface area contributed by atoms with Crippen molar-refractivity contribution in [2.75, 3.05) is 5.32 Å². The lowest BCUT2D eigenvalue weighted by Crippen LogP contribution is -2.31. The quantitative estimate of drug-likeness (QED) is 0.828. The molecule has 2 aromatic rings. The standard InChI is InChI=1S/C21H26N2O3/c1-13(2)22-21(25)17-9-11-18(12-10-17)23-20(24)16(5)26-19-14(3)7-6-8-15(19)4/h6-13,16H,1-5H3,(H,22,25)(H,23,24). The van der Waals surface area contributed by atoms with Crippen LogP contribution in [0.15, 0.2) is 42.5 Å². The molecule has 0 saturated heterocycles. The average molecular weight is 354 g/mol. The molecule has 2 rings (SSSR count). The van der Waals surface area contributed by atoms with E-state index in [1.165, 1.54) is 0 Å². The molecule has 1 unspecified atom stereocenters. The van der Waals surface area contributed by atoms with Gasteiger partial charge in [0.1, 0.15) is 5.75 Å². The molecule has 5 nitrogen and oxygen atoms in total. The second-order valence-corrected chi connectivity index (χ2v) is 6.68. The summed E-state index contributed by atoms with van der Waals surface area (Å²) in [6, 6.07) is 12.7. The van der Waals surface area contributed by atoms with E-state index in [9.17, 15) is 9.59 Å². The van der Waals surface area contributed by atoms with Crippen molar-refractivity contribution >= 4 is 17.5 Å². The normalized spacial score (nSPS) is 11.8. The van der Waals surface area contributed by atoms with Crippen molar-refractivity contribution in [2.24, 2.45) is 0 Å². The molecule has 0 aliphatic heterocycles. The number of aryl methyl sites for hydroxylation is 2. The highest BCUT2D eigenvalue weighted by atomic mass is 16.5. The van der Waals surface area contributed by atoms with Gasteiger partial charge in [-0.3, -0.25) is 9.59 Å². The first-order valence-electron chi connectivity index (χ1n) is 8.72. The predicted octanol–water partition coefficient (Wildman–Crippen LogP) is 3.85. The van der Waals surface area contributed by atoms with Crippen LogP contribution in [0.5, 0.6) is 5.75 Å². The zero-order valence-electron chi connectivity index (χ0n) is 15.9. The van der Waals surface area contributed by atoms with Gasteiger partial charge in [-0.1, -0.05) is 18.2 Å². The molecule has 5 heteroatoms. The molecule has 1 atom stereocenters. The van der Waals surface area contributed by atoms with Gasteiger partial charge in [-0.15, -0.1) is 0 Å². The zero-order valence-corrected chi connectivity index (χ0v) is 15.9. The molecule has 0 aliphatic rings. The number of benzene rings is 2. The van der Waals surface area contributed by atoms with Crippen LogP contribution in [0.4, 0.5) is 5.69 Å². The van der Waals surface area contributed by atoms with Crippen LogP contribution in [0, 0.1) is 13.8 Å². The lowest BCUT2D eigenvalue weighted by atomic mass is 10.1. The van der Waals surface area contributed by atoms with Gasteiger partial charge in [0.2, 0.25) is 0 Å². The van der Waals surface area contributed by atoms with E-state index in [1.807, 2.05) is 45.9 Å². The van der Waals surface area contributed by atoms with Crippen LogP contribution in [0.1, 0.15) is 42.3 Å². The van der Waals surface area contributed by atoms with Gasteiger partial charge in [0.15, 0.2) is 6.10 Å². The number of carbonyl (C=O) groups is 2. The molecule has 0 heterocycles. The minimum atomic E-state index is -0.640. The lowest BCUT2D eigenvalue weighted by Gasteiger charge is -2.18. The van der Waals surface area contributed by atoms with Gasteiger partial charge in [-0.05, 0) is 70.0 Å². The van der Waals surface area contributed by atoms with Crippen LogP contribution in [-0.4, -0.2) is 24.0 Å². The molecule has 26 heavy (non-hydrogen) atoms. The molecule has 2 amide bonds. The van der Waals surface area contributed by atoms with Crippen LogP contribution in [0.3, 0.4) is 0 Å². The van der Waals surface area contributed by atoms with E-state index in [2.05, 4.69) is 10.6 Å². The lowest BCUT2D eigenvalue weighted by molar-refractivity contribution is -0.122. The van der Waals surface area contributed by atoms with Crippen molar-refractivity contribution in [3.8, 4) is 5.75 Å². The number of amides is 2. The summed E-state index contributed by atoms with van der Waals surface area (Å²) < 4.78 is 5.84. The fourth-order valence-corrected chi connectivity index (χ4v) is 2.51. The number of para-hydroxylation sites is 1. The van der Waals surface area contributed by atoms with Crippen LogP contribution in [0.2, 0.25) is 0 Å². The van der Waals surface area contributed by atoms with E-state index < -0.39 is 6.10 Å². The van der Waals surface area contributed by atoms with E-state index in [0.717, 1.165) is 16.9 Å². The van der Waals surface area contributed by atoms with Crippen LogP contribution >= 0.6 is 0 Å². The Morgan fingerprint density at radius 1 is 0.923 bits per heavy atom. The number of hydrogen-bond acceptors (Lipinski definition) is 3. The molecule has 0 bridgehead atoms. The summed E-state index contributed by atoms with van der Waals surface area (Å²) in [6.45, 7) is 9.43. The summed E-state index contributed by atoms with van der Waals surface area (Å²) >= 11 is 0. The van der Waals surface area contributed by atoms with Crippen molar-refractivity contribution < 1.29 is 14.3 Å². The first-order chi connectivity index (χ1) is 12.3. The van der Waals surface area contributed by atoms with Crippen molar-refractivity contribution in [2.45, 2.75) is 46.8 Å². The van der Waals surface area contributed by atoms with Crippen molar-refractivity contribution in [1.82, 2.24) is 5.32 Å². The first kappa shape index (κ1) is 19.5. The summed E-state index contributed by atoms with van der Waals surface area (Å²) in [5.41, 5.74) is 3.15. The molecule has 2 aromatic carbocycles. The Morgan fingerprint density at radius 3 is 2.04 bits per heavy atom. The molecule has 0 radical (unpaired) electrons. The van der Waals surface area contributed by atoms with Gasteiger partial charge in [-0.25, -0.2) is 0 Å². The van der Waals surface area contributed by atoms with Crippen LogP contribution in [-0.2, 0) is 4.79 Å². The third-order valence-electron chi connectivity index (χ3n) is 3.91. The van der Waals surface area contributed by atoms with Crippen LogP contribution in [0.25, 0.3) is 0 Å². The molecule has 2 N–H and O–H groups in total. The van der Waals surface area contributed by atoms with E-state index >= 15 is 0 Å². The Hall–Kier alpha value is -2.82. The van der Waals surface area contributed by atoms with Gasteiger partial charge in [0, 0.05) is 17.3 Å². The zero-order chi connectivity index (χ0) is 19.3. The third-order valence-corrected chi connectivity index (χ3v) is 3.91. The molecule has 0 spiro atoms. The monoisotopic (exact) mass is 354 g/mol. The Labute approximate surface area is 154 Å². The number of anilines is 1. The van der Waals surface area contributed by atoms with Crippen molar-refractivity contribution in [3.63, 3.8) is 0 Å². The van der Waals surface area contributed by atoms with Crippen molar-refractivity contribution in [3.05, 3.63) is 59.2 Å². The van der Waals surface area contributed by atoms with Gasteiger partial charge >= 0.3 is 0 Å². The molecule has 0 aromatic heterocycles. The maximum Gasteiger partial charge on any atom is 0.265 e. The summed E-state index contributed by atoms with van der Waals surface area (Å²) in [7, 11) is 0. The highest BCUT2D eigenvalue weighted by Crippen LogP contribution is 2.23. The highest BCUT2D eigenvalue weighted by Gasteiger charge is 2.17. The molecular weight excluding hydrogens is 328 g/mol. The minimum Gasteiger partial charge on any atom is -0.480 e. The maximum atomic E-state index is 12.4. The number of nitrogens with one attached hydrogen (secondary N) is 2. The Bertz CT molecular complexity index is 762. The van der Waals surface area contributed by atoms with E-state index in [0.29, 0.717) is 11.3 Å². The molecule has 0 saturated carbocycles. The average Bonchev–Trinajstić information content (AvgIpc) is 2.58. The van der Waals surface area contributed by atoms with Crippen molar-refractivity contribution in [1.29, 1.82) is 0 Å². The fourth-order valence-electron chi connectivity index (χ4n) is 2.51. The maximum absolute atomic E-state index is 12.4. The smallest absolute Gasteiger partial charge is 0.265 e. The number of rotatable bonds is 6. The van der Waals surface area contributed by atoms with Gasteiger partial charge < -0.3 is 15.4 Å². The van der Waals surface area contributed by atoms with E-state index in [1.54, 1.807) is 31.2 Å². The number of ether oxygens (including phenoxy) is 1. The van der Waals surface area contributed by atoms with Crippen LogP contribution < -0.4 is 15.4 Å². The summed E-state index contributed by atoms with van der Waals surface area (Å²) in [5, 5.41) is 5.64. The second kappa shape index (κ2) is 8.52. The Morgan fingerprint density at radius 2 is 1.50 bits per heavy atom. The van der Waals surface area contributed by atoms with Gasteiger partial charge in [0.05, 0.1) is 0 Å². The fraction of sp³-hybridized carbons (Fsp3) is 0.333. The first-order valence-corrected chi connectivity index (χ1v) is 8.72. The Kier molecular flexibility index (Phi) is 6.39. The largest absolute Gasteiger partial charge is 0.480 e. The SMILES string of the molecule is Cc1cccc(C)c1OC(C)C(=O)Nc1ccc(C(=O)NC(C)C)cc1. The second-order valence-electron chi connectivity index (χ2n) is 6.68. The number of carbonyl (C=O) groups excluding carboxylic acids is 2. The Balaban J connectivity index is 1.99. The topological polar surface area (TPSA) is 67.4 Å². The summed E-state index contributed by atoms with van der Waals surface area (Å²) in [6.07, 6.45) is -0.640. The van der Waals surface area contributed by atoms with E-state index in [-0.39, 0.29) is 17.9 Å². The summed E-state index contributed by atoms with van der Waals surface area (Å²) in [4.78, 5) is 24.3. The predicted molar refractivity (Wildman–Crippen MR) is 104 cm³/mol. The molecule has 0 aliphatic carbocycles. The minimum absolute atomic E-state index is 0.0739. The van der Waals surface area contributed by atoms with Gasteiger partial charge in [-0.2, -0.15) is 0 Å². The third kappa shape index (κ3) is 5.09. The highest BCUT2D eigenvalue weighted by molar-refractivity contribution is 5.97. The molecular formula is C21H26N2O3. The van der Waals surface area contributed by atoms with E-state index in [4.69, 9.17) is 4.74 Å². The number of hydrogen-bond donors (Lipinski definition) is 2. The van der Waals surface area contributed by atoms with Gasteiger partial charge in [0.25, 0.3) is 11.8 Å².